The van der Waals surface area contributed by atoms with E-state index in [0.717, 1.165) is 33.1 Å². The van der Waals surface area contributed by atoms with Gasteiger partial charge in [-0.05, 0) is 60.0 Å². The summed E-state index contributed by atoms with van der Waals surface area (Å²) in [7, 11) is 1.64. The SMILES string of the molecule is COc1ccc(CC(=O)N(CCc2cccs2)c2nc3ccc(SC)cc3s2)cc1. The van der Waals surface area contributed by atoms with Gasteiger partial charge in [0.15, 0.2) is 5.13 Å². The number of thiazole rings is 1. The minimum absolute atomic E-state index is 0.0564. The molecule has 1 amide bonds. The second-order valence-electron chi connectivity index (χ2n) is 6.73. The Morgan fingerprint density at radius 3 is 2.70 bits per heavy atom. The zero-order chi connectivity index (χ0) is 20.9. The summed E-state index contributed by atoms with van der Waals surface area (Å²) in [4.78, 5) is 22.4. The minimum Gasteiger partial charge on any atom is -0.497 e. The van der Waals surface area contributed by atoms with Gasteiger partial charge in [0.25, 0.3) is 0 Å². The Kier molecular flexibility index (Phi) is 6.72. The molecule has 4 aromatic rings. The van der Waals surface area contributed by atoms with Crippen LogP contribution in [0.5, 0.6) is 5.75 Å². The number of anilines is 1. The van der Waals surface area contributed by atoms with Crippen LogP contribution in [0.1, 0.15) is 10.4 Å². The Morgan fingerprint density at radius 1 is 1.17 bits per heavy atom. The van der Waals surface area contributed by atoms with Crippen LogP contribution in [0, 0.1) is 0 Å². The molecule has 0 atom stereocenters. The number of ether oxygens (including phenoxy) is 1. The lowest BCUT2D eigenvalue weighted by Gasteiger charge is -2.19. The van der Waals surface area contributed by atoms with Crippen LogP contribution >= 0.6 is 34.4 Å². The molecule has 2 aromatic heterocycles. The fourth-order valence-electron chi connectivity index (χ4n) is 3.15. The Balaban J connectivity index is 1.60. The van der Waals surface area contributed by atoms with Gasteiger partial charge in [0.05, 0.1) is 23.7 Å². The molecule has 4 rings (SSSR count). The molecule has 0 fully saturated rings. The van der Waals surface area contributed by atoms with Gasteiger partial charge in [0.1, 0.15) is 5.75 Å². The molecule has 0 N–H and O–H groups in total. The zero-order valence-electron chi connectivity index (χ0n) is 16.8. The first-order valence-corrected chi connectivity index (χ1v) is 12.5. The Labute approximate surface area is 188 Å². The summed E-state index contributed by atoms with van der Waals surface area (Å²) < 4.78 is 6.33. The third-order valence-electron chi connectivity index (χ3n) is 4.79. The summed E-state index contributed by atoms with van der Waals surface area (Å²) in [6.07, 6.45) is 3.22. The van der Waals surface area contributed by atoms with E-state index in [4.69, 9.17) is 9.72 Å². The van der Waals surface area contributed by atoms with Gasteiger partial charge in [0, 0.05) is 16.3 Å². The van der Waals surface area contributed by atoms with E-state index in [1.807, 2.05) is 41.3 Å². The maximum atomic E-state index is 13.3. The summed E-state index contributed by atoms with van der Waals surface area (Å²) in [6.45, 7) is 0.616. The number of hydrogen-bond donors (Lipinski definition) is 0. The molecule has 0 saturated heterocycles. The highest BCUT2D eigenvalue weighted by Gasteiger charge is 2.20. The number of amides is 1. The van der Waals surface area contributed by atoms with Crippen molar-refractivity contribution >= 4 is 55.7 Å². The first-order valence-electron chi connectivity index (χ1n) is 9.56. The molecule has 0 unspecified atom stereocenters. The highest BCUT2D eigenvalue weighted by atomic mass is 32.2. The molecule has 0 saturated carbocycles. The molecule has 0 radical (unpaired) electrons. The van der Waals surface area contributed by atoms with Crippen LogP contribution in [0.2, 0.25) is 0 Å². The fourth-order valence-corrected chi connectivity index (χ4v) is 5.41. The molecule has 0 aliphatic heterocycles. The summed E-state index contributed by atoms with van der Waals surface area (Å²) >= 11 is 5.01. The van der Waals surface area contributed by atoms with Crippen LogP contribution < -0.4 is 9.64 Å². The molecule has 154 valence electrons. The van der Waals surface area contributed by atoms with Gasteiger partial charge in [-0.15, -0.1) is 23.1 Å². The Morgan fingerprint density at radius 2 is 2.00 bits per heavy atom. The van der Waals surface area contributed by atoms with E-state index < -0.39 is 0 Å². The van der Waals surface area contributed by atoms with Crippen LogP contribution in [0.25, 0.3) is 10.2 Å². The van der Waals surface area contributed by atoms with Crippen LogP contribution in [-0.4, -0.2) is 30.8 Å². The van der Waals surface area contributed by atoms with E-state index in [1.54, 1.807) is 41.5 Å². The third kappa shape index (κ3) is 4.86. The predicted molar refractivity (Wildman–Crippen MR) is 128 cm³/mol. The van der Waals surface area contributed by atoms with E-state index in [0.29, 0.717) is 13.0 Å². The number of rotatable bonds is 8. The van der Waals surface area contributed by atoms with Crippen molar-refractivity contribution in [2.75, 3.05) is 24.8 Å². The van der Waals surface area contributed by atoms with Crippen molar-refractivity contribution in [3.63, 3.8) is 0 Å². The van der Waals surface area contributed by atoms with Crippen molar-refractivity contribution in [2.45, 2.75) is 17.7 Å². The fraction of sp³-hybridized carbons (Fsp3) is 0.217. The first-order chi connectivity index (χ1) is 14.7. The maximum Gasteiger partial charge on any atom is 0.233 e. The Hall–Kier alpha value is -2.35. The third-order valence-corrected chi connectivity index (χ3v) is 7.50. The zero-order valence-corrected chi connectivity index (χ0v) is 19.3. The van der Waals surface area contributed by atoms with E-state index in [2.05, 4.69) is 29.8 Å². The number of methoxy groups -OCH3 is 1. The number of thiophene rings is 1. The van der Waals surface area contributed by atoms with Crippen LogP contribution in [0.4, 0.5) is 5.13 Å². The molecule has 0 aliphatic carbocycles. The average Bonchev–Trinajstić information content (AvgIpc) is 3.43. The maximum absolute atomic E-state index is 13.3. The normalized spacial score (nSPS) is 11.0. The lowest BCUT2D eigenvalue weighted by molar-refractivity contribution is -0.118. The summed E-state index contributed by atoms with van der Waals surface area (Å²) in [6, 6.07) is 18.1. The smallest absolute Gasteiger partial charge is 0.233 e. The monoisotopic (exact) mass is 454 g/mol. The summed E-state index contributed by atoms with van der Waals surface area (Å²) in [5.74, 6) is 0.845. The van der Waals surface area contributed by atoms with Crippen molar-refractivity contribution in [2.24, 2.45) is 0 Å². The average molecular weight is 455 g/mol. The number of aromatic nitrogens is 1. The number of benzene rings is 2. The second kappa shape index (κ2) is 9.64. The Bertz CT molecular complexity index is 1120. The molecule has 30 heavy (non-hydrogen) atoms. The summed E-state index contributed by atoms with van der Waals surface area (Å²) in [5.41, 5.74) is 1.90. The molecular formula is C23H22N2O2S3. The molecule has 0 bridgehead atoms. The van der Waals surface area contributed by atoms with Crippen molar-refractivity contribution in [3.8, 4) is 5.75 Å². The lowest BCUT2D eigenvalue weighted by Crippen LogP contribution is -2.34. The molecule has 4 nitrogen and oxygen atoms in total. The quantitative estimate of drug-likeness (QED) is 0.311. The van der Waals surface area contributed by atoms with Crippen molar-refractivity contribution < 1.29 is 9.53 Å². The first kappa shape index (κ1) is 20.9. The standard InChI is InChI=1S/C23H22N2O2S3/c1-27-17-7-5-16(6-8-17)14-22(26)25(12-11-18-4-3-13-29-18)23-24-20-10-9-19(28-2)15-21(20)30-23/h3-10,13,15H,11-12,14H2,1-2H3. The van der Waals surface area contributed by atoms with Gasteiger partial charge in [-0.2, -0.15) is 0 Å². The van der Waals surface area contributed by atoms with E-state index in [-0.39, 0.29) is 5.91 Å². The van der Waals surface area contributed by atoms with E-state index in [9.17, 15) is 4.79 Å². The molecular weight excluding hydrogens is 432 g/mol. The lowest BCUT2D eigenvalue weighted by atomic mass is 10.1. The van der Waals surface area contributed by atoms with E-state index >= 15 is 0 Å². The highest BCUT2D eigenvalue weighted by Crippen LogP contribution is 2.32. The highest BCUT2D eigenvalue weighted by molar-refractivity contribution is 7.98. The van der Waals surface area contributed by atoms with Crippen molar-refractivity contribution in [1.82, 2.24) is 4.98 Å². The van der Waals surface area contributed by atoms with Gasteiger partial charge >= 0.3 is 0 Å². The van der Waals surface area contributed by atoms with Gasteiger partial charge < -0.3 is 4.74 Å². The number of nitrogens with zero attached hydrogens (tertiary/aromatic N) is 2. The van der Waals surface area contributed by atoms with Gasteiger partial charge in [-0.25, -0.2) is 4.98 Å². The minimum atomic E-state index is 0.0564. The van der Waals surface area contributed by atoms with Crippen LogP contribution in [0.15, 0.2) is 64.9 Å². The molecule has 0 spiro atoms. The summed E-state index contributed by atoms with van der Waals surface area (Å²) in [5, 5.41) is 2.83. The number of thioether (sulfide) groups is 1. The van der Waals surface area contributed by atoms with Crippen LogP contribution in [0.3, 0.4) is 0 Å². The number of hydrogen-bond acceptors (Lipinski definition) is 6. The molecule has 7 heteroatoms. The predicted octanol–water partition coefficient (Wildman–Crippen LogP) is 5.91. The molecule has 2 heterocycles. The topological polar surface area (TPSA) is 42.4 Å². The van der Waals surface area contributed by atoms with Crippen LogP contribution in [-0.2, 0) is 17.6 Å². The van der Waals surface area contributed by atoms with Crippen molar-refractivity contribution in [1.29, 1.82) is 0 Å². The second-order valence-corrected chi connectivity index (χ2v) is 9.65. The van der Waals surface area contributed by atoms with Crippen molar-refractivity contribution in [3.05, 3.63) is 70.4 Å². The van der Waals surface area contributed by atoms with Gasteiger partial charge in [-0.1, -0.05) is 29.5 Å². The number of carbonyl (C=O) groups excluding carboxylic acids is 1. The largest absolute Gasteiger partial charge is 0.497 e. The number of carbonyl (C=O) groups is 1. The van der Waals surface area contributed by atoms with Gasteiger partial charge in [0.2, 0.25) is 5.91 Å². The number of fused-ring (bicyclic) bond motifs is 1. The van der Waals surface area contributed by atoms with Gasteiger partial charge in [-0.3, -0.25) is 9.69 Å². The molecule has 0 aliphatic rings. The molecule has 2 aromatic carbocycles. The van der Waals surface area contributed by atoms with E-state index in [1.165, 1.54) is 9.77 Å².